The van der Waals surface area contributed by atoms with Crippen LogP contribution in [0.4, 0.5) is 10.8 Å². The first-order chi connectivity index (χ1) is 16.2. The van der Waals surface area contributed by atoms with Crippen LogP contribution in [0.25, 0.3) is 11.3 Å². The average Bonchev–Trinajstić information content (AvgIpc) is 3.25. The summed E-state index contributed by atoms with van der Waals surface area (Å²) in [5, 5.41) is 2.01. The molecule has 0 saturated heterocycles. The highest BCUT2D eigenvalue weighted by atomic mass is 32.2. The summed E-state index contributed by atoms with van der Waals surface area (Å²) in [7, 11) is -3.85. The molecule has 2 aromatic carbocycles. The third kappa shape index (κ3) is 4.64. The van der Waals surface area contributed by atoms with Crippen LogP contribution in [-0.4, -0.2) is 39.1 Å². The van der Waals surface area contributed by atoms with E-state index < -0.39 is 10.0 Å². The van der Waals surface area contributed by atoms with Crippen LogP contribution in [0.1, 0.15) is 18.1 Å². The van der Waals surface area contributed by atoms with E-state index in [1.807, 2.05) is 26.0 Å². The zero-order chi connectivity index (χ0) is 24.5. The van der Waals surface area contributed by atoms with Crippen LogP contribution in [0.2, 0.25) is 0 Å². The summed E-state index contributed by atoms with van der Waals surface area (Å²) in [6.07, 6.45) is 1.65. The Hall–Kier alpha value is -3.37. The summed E-state index contributed by atoms with van der Waals surface area (Å²) in [6, 6.07) is 8.75. The molecule has 4 rings (SSSR count). The van der Waals surface area contributed by atoms with Crippen molar-refractivity contribution in [2.75, 3.05) is 29.4 Å². The molecule has 0 saturated carbocycles. The Morgan fingerprint density at radius 2 is 2.06 bits per heavy atom. The zero-order valence-corrected chi connectivity index (χ0v) is 20.8. The van der Waals surface area contributed by atoms with Crippen LogP contribution in [0.3, 0.4) is 0 Å². The predicted octanol–water partition coefficient (Wildman–Crippen LogP) is 4.54. The number of hydrogen-bond donors (Lipinski definition) is 1. The molecule has 34 heavy (non-hydrogen) atoms. The molecule has 3 aromatic rings. The van der Waals surface area contributed by atoms with Gasteiger partial charge in [-0.15, -0.1) is 17.9 Å². The Bertz CT molecular complexity index is 1360. The highest BCUT2D eigenvalue weighted by Crippen LogP contribution is 2.37. The normalized spacial score (nSPS) is 13.3. The van der Waals surface area contributed by atoms with Gasteiger partial charge in [0, 0.05) is 17.5 Å². The molecule has 1 N–H and O–H groups in total. The fourth-order valence-corrected chi connectivity index (χ4v) is 5.96. The first-order valence-corrected chi connectivity index (χ1v) is 13.0. The fourth-order valence-electron chi connectivity index (χ4n) is 3.68. The number of benzene rings is 2. The number of nitrogens with zero attached hydrogens (tertiary/aromatic N) is 2. The summed E-state index contributed by atoms with van der Waals surface area (Å²) in [5.41, 5.74) is 3.27. The first-order valence-electron chi connectivity index (χ1n) is 10.6. The molecule has 0 bridgehead atoms. The second kappa shape index (κ2) is 9.47. The molecule has 0 fully saturated rings. The second-order valence-electron chi connectivity index (χ2n) is 7.72. The Balaban J connectivity index is 1.61. The van der Waals surface area contributed by atoms with Gasteiger partial charge in [-0.3, -0.25) is 9.52 Å². The molecule has 8 nitrogen and oxygen atoms in total. The number of ether oxygens (including phenoxy) is 2. The molecule has 0 unspecified atom stereocenters. The Morgan fingerprint density at radius 3 is 2.79 bits per heavy atom. The highest BCUT2D eigenvalue weighted by molar-refractivity contribution is 7.93. The minimum atomic E-state index is -3.85. The van der Waals surface area contributed by atoms with Crippen LogP contribution >= 0.6 is 11.3 Å². The van der Waals surface area contributed by atoms with Crippen molar-refractivity contribution in [2.45, 2.75) is 25.7 Å². The molecule has 1 amide bonds. The maximum absolute atomic E-state index is 13.1. The average molecular weight is 500 g/mol. The fraction of sp³-hybridized carbons (Fsp3) is 0.250. The lowest BCUT2D eigenvalue weighted by molar-refractivity contribution is -0.121. The third-order valence-electron chi connectivity index (χ3n) is 5.30. The van der Waals surface area contributed by atoms with Gasteiger partial charge in [0.1, 0.15) is 11.5 Å². The van der Waals surface area contributed by atoms with Gasteiger partial charge in [-0.25, -0.2) is 13.4 Å². The maximum atomic E-state index is 13.1. The smallest absolute Gasteiger partial charge is 0.265 e. The number of rotatable bonds is 8. The van der Waals surface area contributed by atoms with E-state index in [2.05, 4.69) is 16.3 Å². The van der Waals surface area contributed by atoms with Crippen molar-refractivity contribution in [1.29, 1.82) is 0 Å². The van der Waals surface area contributed by atoms with Crippen LogP contribution in [-0.2, 0) is 14.8 Å². The topological polar surface area (TPSA) is 97.8 Å². The summed E-state index contributed by atoms with van der Waals surface area (Å²) >= 11 is 1.18. The number of carbonyl (C=O) groups is 1. The van der Waals surface area contributed by atoms with Gasteiger partial charge in [-0.1, -0.05) is 6.08 Å². The molecule has 1 aromatic heterocycles. The maximum Gasteiger partial charge on any atom is 0.265 e. The Kier molecular flexibility index (Phi) is 6.63. The lowest BCUT2D eigenvalue weighted by Gasteiger charge is -2.28. The van der Waals surface area contributed by atoms with Crippen molar-refractivity contribution in [3.63, 3.8) is 0 Å². The summed E-state index contributed by atoms with van der Waals surface area (Å²) < 4.78 is 39.8. The van der Waals surface area contributed by atoms with Crippen molar-refractivity contribution in [1.82, 2.24) is 4.98 Å². The van der Waals surface area contributed by atoms with E-state index in [1.54, 1.807) is 41.5 Å². The third-order valence-corrected chi connectivity index (χ3v) is 7.66. The van der Waals surface area contributed by atoms with Crippen molar-refractivity contribution < 1.29 is 22.7 Å². The Morgan fingerprint density at radius 1 is 1.26 bits per heavy atom. The number of hydrogen-bond acceptors (Lipinski definition) is 7. The number of sulfonamides is 1. The van der Waals surface area contributed by atoms with E-state index in [0.717, 1.165) is 11.1 Å². The van der Waals surface area contributed by atoms with Crippen molar-refractivity contribution in [3.8, 4) is 22.8 Å². The second-order valence-corrected chi connectivity index (χ2v) is 10.2. The Labute approximate surface area is 202 Å². The van der Waals surface area contributed by atoms with Crippen LogP contribution in [0.5, 0.6) is 11.5 Å². The summed E-state index contributed by atoms with van der Waals surface area (Å²) in [6.45, 7) is 9.98. The zero-order valence-electron chi connectivity index (χ0n) is 19.1. The molecule has 0 spiro atoms. The molecule has 0 atom stereocenters. The van der Waals surface area contributed by atoms with Gasteiger partial charge in [0.15, 0.2) is 11.7 Å². The number of fused-ring (bicyclic) bond motifs is 1. The van der Waals surface area contributed by atoms with Gasteiger partial charge < -0.3 is 14.4 Å². The van der Waals surface area contributed by atoms with Gasteiger partial charge in [-0.2, -0.15) is 0 Å². The van der Waals surface area contributed by atoms with E-state index in [1.165, 1.54) is 11.3 Å². The van der Waals surface area contributed by atoms with Crippen molar-refractivity contribution in [2.24, 2.45) is 0 Å². The number of anilines is 2. The van der Waals surface area contributed by atoms with E-state index in [4.69, 9.17) is 9.47 Å². The monoisotopic (exact) mass is 499 g/mol. The molecule has 0 aliphatic carbocycles. The molecular weight excluding hydrogens is 474 g/mol. The minimum Gasteiger partial charge on any atom is -0.494 e. The van der Waals surface area contributed by atoms with Crippen molar-refractivity contribution in [3.05, 3.63) is 59.5 Å². The lowest BCUT2D eigenvalue weighted by Crippen LogP contribution is -2.38. The molecule has 0 radical (unpaired) electrons. The predicted molar refractivity (Wildman–Crippen MR) is 133 cm³/mol. The van der Waals surface area contributed by atoms with Gasteiger partial charge in [0.05, 0.1) is 22.9 Å². The van der Waals surface area contributed by atoms with E-state index in [9.17, 15) is 13.2 Å². The number of aromatic nitrogens is 1. The quantitative estimate of drug-likeness (QED) is 0.457. The van der Waals surface area contributed by atoms with Crippen molar-refractivity contribution >= 4 is 38.1 Å². The number of carbonyl (C=O) groups excluding carboxylic acids is 1. The summed E-state index contributed by atoms with van der Waals surface area (Å²) in [4.78, 5) is 18.5. The van der Waals surface area contributed by atoms with Gasteiger partial charge >= 0.3 is 0 Å². The van der Waals surface area contributed by atoms with E-state index in [-0.39, 0.29) is 22.5 Å². The largest absolute Gasteiger partial charge is 0.494 e. The molecule has 1 aliphatic rings. The highest BCUT2D eigenvalue weighted by Gasteiger charge is 2.26. The first kappa shape index (κ1) is 23.8. The molecular formula is C24H25N3O5S2. The van der Waals surface area contributed by atoms with Gasteiger partial charge in [0.25, 0.3) is 15.9 Å². The lowest BCUT2D eigenvalue weighted by atomic mass is 10.1. The minimum absolute atomic E-state index is 0.0206. The molecule has 178 valence electrons. The van der Waals surface area contributed by atoms with E-state index >= 15 is 0 Å². The van der Waals surface area contributed by atoms with Gasteiger partial charge in [0.2, 0.25) is 0 Å². The van der Waals surface area contributed by atoms with E-state index in [0.29, 0.717) is 41.6 Å². The number of thiazole rings is 1. The van der Waals surface area contributed by atoms with Gasteiger partial charge in [-0.05, 0) is 62.2 Å². The molecule has 2 heterocycles. The summed E-state index contributed by atoms with van der Waals surface area (Å²) in [5.74, 6) is 1.11. The molecule has 10 heteroatoms. The number of aryl methyl sites for hydroxylation is 2. The SMILES string of the molecule is C=CCN1C(=O)COc2ccc(-c3csc(NS(=O)(=O)c4cc(C)c(OCC)cc4C)n3)cc21. The van der Waals surface area contributed by atoms with Crippen LogP contribution in [0.15, 0.2) is 53.3 Å². The standard InChI is InChI=1S/C24H25N3O5S2/c1-5-9-27-19-12-17(7-8-20(19)32-13-23(27)28)18-14-33-24(25-18)26-34(29,30)22-11-15(3)21(31-6-2)10-16(22)4/h5,7-8,10-12,14H,1,6,9,13H2,2-4H3,(H,25,26). The van der Waals surface area contributed by atoms with Crippen LogP contribution < -0.4 is 19.1 Å². The molecule has 1 aliphatic heterocycles. The number of amides is 1. The van der Waals surface area contributed by atoms with Crippen LogP contribution in [0, 0.1) is 13.8 Å². The number of nitrogens with one attached hydrogen (secondary N) is 1.